The Morgan fingerprint density at radius 3 is 2.73 bits per heavy atom. The van der Waals surface area contributed by atoms with Gasteiger partial charge < -0.3 is 15.0 Å². The average Bonchev–Trinajstić information content (AvgIpc) is 3.53. The van der Waals surface area contributed by atoms with Gasteiger partial charge in [0.2, 0.25) is 11.8 Å². The van der Waals surface area contributed by atoms with E-state index in [1.165, 1.54) is 10.5 Å². The number of rotatable bonds is 6. The third kappa shape index (κ3) is 4.46. The van der Waals surface area contributed by atoms with Gasteiger partial charge in [-0.1, -0.05) is 42.5 Å². The second kappa shape index (κ2) is 8.69. The minimum Gasteiger partial charge on any atom is -0.449 e. The number of fused-ring (bicyclic) bond motifs is 1. The highest BCUT2D eigenvalue weighted by Gasteiger charge is 2.40. The van der Waals surface area contributed by atoms with Crippen LogP contribution in [0, 0.1) is 5.92 Å². The molecule has 170 valence electrons. The molecular weight excluding hydrogens is 422 g/mol. The lowest BCUT2D eigenvalue weighted by Crippen LogP contribution is -2.52. The zero-order valence-electron chi connectivity index (χ0n) is 18.1. The number of amides is 4. The van der Waals surface area contributed by atoms with Crippen LogP contribution in [-0.2, 0) is 27.4 Å². The van der Waals surface area contributed by atoms with Gasteiger partial charge in [0.05, 0.1) is 6.61 Å². The van der Waals surface area contributed by atoms with Crippen molar-refractivity contribution in [2.45, 2.75) is 44.3 Å². The molecule has 2 aromatic rings. The Balaban J connectivity index is 1.12. The molecule has 3 aliphatic rings. The van der Waals surface area contributed by atoms with Crippen LogP contribution in [0.3, 0.4) is 0 Å². The largest absolute Gasteiger partial charge is 0.449 e. The molecule has 2 heterocycles. The average molecular weight is 447 g/mol. The number of carbonyl (C=O) groups excluding carboxylic acids is 4. The van der Waals surface area contributed by atoms with Crippen LogP contribution in [0.4, 0.5) is 4.79 Å². The molecule has 3 atom stereocenters. The van der Waals surface area contributed by atoms with E-state index in [1.54, 1.807) is 6.07 Å². The number of piperidine rings is 1. The topological polar surface area (TPSA) is 105 Å². The molecule has 2 aromatic carbocycles. The number of benzene rings is 2. The highest BCUT2D eigenvalue weighted by atomic mass is 16.5. The molecule has 0 spiro atoms. The van der Waals surface area contributed by atoms with Gasteiger partial charge in [0.1, 0.15) is 6.04 Å². The molecule has 8 nitrogen and oxygen atoms in total. The normalized spacial score (nSPS) is 23.7. The van der Waals surface area contributed by atoms with Crippen molar-refractivity contribution < 1.29 is 23.9 Å². The number of hydrogen-bond donors (Lipinski definition) is 2. The van der Waals surface area contributed by atoms with Gasteiger partial charge in [-0.25, -0.2) is 4.79 Å². The summed E-state index contributed by atoms with van der Waals surface area (Å²) >= 11 is 0. The van der Waals surface area contributed by atoms with Gasteiger partial charge in [-0.2, -0.15) is 0 Å². The first-order chi connectivity index (χ1) is 16.0. The van der Waals surface area contributed by atoms with Crippen molar-refractivity contribution in [3.05, 3.63) is 70.8 Å². The van der Waals surface area contributed by atoms with E-state index in [2.05, 4.69) is 22.8 Å². The van der Waals surface area contributed by atoms with Crippen molar-refractivity contribution in [1.82, 2.24) is 15.5 Å². The van der Waals surface area contributed by atoms with E-state index in [0.717, 1.165) is 17.5 Å². The third-order valence-electron chi connectivity index (χ3n) is 6.61. The zero-order valence-corrected chi connectivity index (χ0v) is 18.1. The molecular formula is C25H25N3O5. The number of alkyl carbamates (subject to hydrolysis) is 1. The molecule has 8 heteroatoms. The molecule has 2 aliphatic heterocycles. The molecule has 2 N–H and O–H groups in total. The summed E-state index contributed by atoms with van der Waals surface area (Å²) in [6.45, 7) is 0.958. The summed E-state index contributed by atoms with van der Waals surface area (Å²) in [6, 6.07) is 15.0. The Morgan fingerprint density at radius 2 is 1.94 bits per heavy atom. The van der Waals surface area contributed by atoms with Crippen molar-refractivity contribution in [2.75, 3.05) is 6.61 Å². The van der Waals surface area contributed by atoms with E-state index in [1.807, 2.05) is 30.3 Å². The number of hydrogen-bond acceptors (Lipinski definition) is 5. The van der Waals surface area contributed by atoms with E-state index in [-0.39, 0.29) is 24.8 Å². The molecule has 5 rings (SSSR count). The molecule has 0 aromatic heterocycles. The van der Waals surface area contributed by atoms with Crippen molar-refractivity contribution in [3.63, 3.8) is 0 Å². The van der Waals surface area contributed by atoms with Crippen LogP contribution in [-0.4, -0.2) is 41.4 Å². The summed E-state index contributed by atoms with van der Waals surface area (Å²) < 4.78 is 5.37. The van der Waals surface area contributed by atoms with Crippen molar-refractivity contribution in [1.29, 1.82) is 0 Å². The number of ether oxygens (including phenoxy) is 1. The van der Waals surface area contributed by atoms with Gasteiger partial charge in [0, 0.05) is 31.0 Å². The minimum atomic E-state index is -0.638. The fourth-order valence-electron chi connectivity index (χ4n) is 4.66. The molecule has 0 radical (unpaired) electrons. The van der Waals surface area contributed by atoms with Gasteiger partial charge in [-0.15, -0.1) is 0 Å². The molecule has 0 bridgehead atoms. The second-order valence-electron chi connectivity index (χ2n) is 8.86. The van der Waals surface area contributed by atoms with Crippen molar-refractivity contribution in [2.24, 2.45) is 5.92 Å². The van der Waals surface area contributed by atoms with Gasteiger partial charge in [-0.3, -0.25) is 19.7 Å². The van der Waals surface area contributed by atoms with Crippen LogP contribution in [0.1, 0.15) is 52.2 Å². The highest BCUT2D eigenvalue weighted by Crippen LogP contribution is 2.47. The predicted molar refractivity (Wildman–Crippen MR) is 118 cm³/mol. The summed E-state index contributed by atoms with van der Waals surface area (Å²) in [5.74, 6) is -0.159. The number of imide groups is 1. The standard InChI is InChI=1S/C25H25N3O5/c29-22-9-8-21(23(30)27-22)28-13-17-7-6-15(10-20(17)24(28)31)12-26-25(32)33-14-18-11-19(18)16-4-2-1-3-5-16/h1-7,10,18-19,21H,8-9,11-14H2,(H,26,32)(H,27,29,30)/t18?,19-,21?/m0/s1. The Bertz CT molecular complexity index is 1120. The highest BCUT2D eigenvalue weighted by molar-refractivity contribution is 6.05. The fourth-order valence-corrected chi connectivity index (χ4v) is 4.66. The van der Waals surface area contributed by atoms with E-state index in [0.29, 0.717) is 37.0 Å². The summed E-state index contributed by atoms with van der Waals surface area (Å²) in [5, 5.41) is 5.04. The van der Waals surface area contributed by atoms with Crippen LogP contribution < -0.4 is 10.6 Å². The smallest absolute Gasteiger partial charge is 0.407 e. The molecule has 1 aliphatic carbocycles. The summed E-state index contributed by atoms with van der Waals surface area (Å²) in [5.41, 5.74) is 3.41. The predicted octanol–water partition coefficient (Wildman–Crippen LogP) is 2.48. The molecule has 33 heavy (non-hydrogen) atoms. The van der Waals surface area contributed by atoms with Crippen LogP contribution in [0.5, 0.6) is 0 Å². The van der Waals surface area contributed by atoms with Crippen LogP contribution in [0.2, 0.25) is 0 Å². The number of carbonyl (C=O) groups is 4. The first-order valence-corrected chi connectivity index (χ1v) is 11.2. The molecule has 4 amide bonds. The maximum atomic E-state index is 12.9. The summed E-state index contributed by atoms with van der Waals surface area (Å²) in [6.07, 6.45) is 1.09. The lowest BCUT2D eigenvalue weighted by molar-refractivity contribution is -0.136. The second-order valence-corrected chi connectivity index (χ2v) is 8.86. The van der Waals surface area contributed by atoms with Gasteiger partial charge in [-0.05, 0) is 41.5 Å². The Labute approximate surface area is 191 Å². The SMILES string of the molecule is O=C1CCC(N2Cc3ccc(CNC(=O)OCC4C[C@H]4c4ccccc4)cc3C2=O)C(=O)N1. The van der Waals surface area contributed by atoms with Crippen LogP contribution in [0.15, 0.2) is 48.5 Å². The minimum absolute atomic E-state index is 0.223. The van der Waals surface area contributed by atoms with Crippen molar-refractivity contribution in [3.8, 4) is 0 Å². The number of nitrogens with one attached hydrogen (secondary N) is 2. The van der Waals surface area contributed by atoms with Gasteiger partial charge >= 0.3 is 6.09 Å². The van der Waals surface area contributed by atoms with Crippen LogP contribution >= 0.6 is 0 Å². The molecule has 2 unspecified atom stereocenters. The maximum absolute atomic E-state index is 12.9. The lowest BCUT2D eigenvalue weighted by Gasteiger charge is -2.29. The summed E-state index contributed by atoms with van der Waals surface area (Å²) in [4.78, 5) is 50.1. The van der Waals surface area contributed by atoms with Gasteiger partial charge in [0.25, 0.3) is 5.91 Å². The summed E-state index contributed by atoms with van der Waals surface area (Å²) in [7, 11) is 0. The first-order valence-electron chi connectivity index (χ1n) is 11.2. The van der Waals surface area contributed by atoms with Crippen LogP contribution in [0.25, 0.3) is 0 Å². The van der Waals surface area contributed by atoms with E-state index < -0.39 is 18.0 Å². The van der Waals surface area contributed by atoms with E-state index in [4.69, 9.17) is 4.74 Å². The lowest BCUT2D eigenvalue weighted by atomic mass is 10.0. The quantitative estimate of drug-likeness (QED) is 0.662. The number of nitrogens with zero attached hydrogens (tertiary/aromatic N) is 1. The first kappa shape index (κ1) is 21.2. The Morgan fingerprint density at radius 1 is 1.12 bits per heavy atom. The van der Waals surface area contributed by atoms with E-state index in [9.17, 15) is 19.2 Å². The van der Waals surface area contributed by atoms with Gasteiger partial charge in [0.15, 0.2) is 0 Å². The fraction of sp³-hybridized carbons (Fsp3) is 0.360. The molecule has 2 fully saturated rings. The Hall–Kier alpha value is -3.68. The van der Waals surface area contributed by atoms with Crippen molar-refractivity contribution >= 4 is 23.8 Å². The van der Waals surface area contributed by atoms with E-state index >= 15 is 0 Å². The third-order valence-corrected chi connectivity index (χ3v) is 6.61. The Kier molecular flexibility index (Phi) is 5.58. The molecule has 1 saturated carbocycles. The zero-order chi connectivity index (χ0) is 22.9. The molecule has 1 saturated heterocycles. The maximum Gasteiger partial charge on any atom is 0.407 e. The monoisotopic (exact) mass is 447 g/mol.